The molecule has 2 aliphatic rings. The maximum Gasteiger partial charge on any atom is 0.331 e. The van der Waals surface area contributed by atoms with Crippen LogP contribution in [-0.4, -0.2) is 52.0 Å². The highest BCUT2D eigenvalue weighted by Crippen LogP contribution is 2.38. The summed E-state index contributed by atoms with van der Waals surface area (Å²) >= 11 is 0. The molecule has 2 unspecified atom stereocenters. The molecule has 3 aromatic rings. The number of aryl methyl sites for hydroxylation is 1. The summed E-state index contributed by atoms with van der Waals surface area (Å²) in [4.78, 5) is 27.0. The van der Waals surface area contributed by atoms with E-state index in [-0.39, 0.29) is 47.5 Å². The molecule has 10 heteroatoms. The first-order valence-electron chi connectivity index (χ1n) is 13.6. The SMILES string of the molecule is [C-]#[N+]C1=C(C(=O)OC2C(C)CCCC2C)c2nc(-c3cc(C)ccc3OC)nn2/C1=N/c1ccc(CO)c(OC)c1. The zero-order valence-electron chi connectivity index (χ0n) is 23.8. The predicted octanol–water partition coefficient (Wildman–Crippen LogP) is 5.35. The Hall–Kier alpha value is -4.49. The Morgan fingerprint density at radius 2 is 1.85 bits per heavy atom. The molecule has 1 fully saturated rings. The van der Waals surface area contributed by atoms with Crippen molar-refractivity contribution >= 4 is 23.1 Å². The van der Waals surface area contributed by atoms with E-state index in [9.17, 15) is 9.90 Å². The van der Waals surface area contributed by atoms with Gasteiger partial charge in [0.2, 0.25) is 5.70 Å². The Bertz CT molecular complexity index is 1590. The number of hydrogen-bond acceptors (Lipinski definition) is 8. The number of aliphatic hydroxyl groups excluding tert-OH is 1. The van der Waals surface area contributed by atoms with Crippen LogP contribution in [0.1, 0.15) is 50.1 Å². The van der Waals surface area contributed by atoms with Gasteiger partial charge in [-0.3, -0.25) is 0 Å². The van der Waals surface area contributed by atoms with Crippen LogP contribution in [0.15, 0.2) is 47.1 Å². The molecule has 2 heterocycles. The van der Waals surface area contributed by atoms with E-state index in [2.05, 4.69) is 18.7 Å². The number of nitrogens with zero attached hydrogens (tertiary/aromatic N) is 5. The molecular formula is C31H33N5O5. The van der Waals surface area contributed by atoms with E-state index in [0.717, 1.165) is 24.8 Å². The van der Waals surface area contributed by atoms with Crippen LogP contribution in [-0.2, 0) is 16.1 Å². The second kappa shape index (κ2) is 11.6. The lowest BCUT2D eigenvalue weighted by molar-refractivity contribution is -0.149. The number of aliphatic hydroxyl groups is 1. The topological polar surface area (TPSA) is 112 Å². The first-order valence-corrected chi connectivity index (χ1v) is 13.6. The molecule has 2 atom stereocenters. The molecule has 10 nitrogen and oxygen atoms in total. The van der Waals surface area contributed by atoms with Gasteiger partial charge in [0.15, 0.2) is 17.5 Å². The summed E-state index contributed by atoms with van der Waals surface area (Å²) < 4.78 is 18.5. The smallest absolute Gasteiger partial charge is 0.331 e. The third kappa shape index (κ3) is 5.21. The molecular weight excluding hydrogens is 522 g/mol. The molecule has 0 amide bonds. The maximum absolute atomic E-state index is 13.8. The van der Waals surface area contributed by atoms with Crippen LogP contribution in [0.5, 0.6) is 11.5 Å². The maximum atomic E-state index is 13.8. The van der Waals surface area contributed by atoms with Crippen molar-refractivity contribution < 1.29 is 24.1 Å². The minimum atomic E-state index is -0.614. The van der Waals surface area contributed by atoms with Crippen LogP contribution >= 0.6 is 0 Å². The first kappa shape index (κ1) is 28.1. The van der Waals surface area contributed by atoms with Crippen molar-refractivity contribution in [2.75, 3.05) is 14.2 Å². The van der Waals surface area contributed by atoms with Gasteiger partial charge in [-0.1, -0.05) is 38.0 Å². The molecule has 1 aliphatic carbocycles. The Labute approximate surface area is 239 Å². The summed E-state index contributed by atoms with van der Waals surface area (Å²) in [6.45, 7) is 14.0. The highest BCUT2D eigenvalue weighted by atomic mass is 16.5. The minimum Gasteiger partial charge on any atom is -0.496 e. The zero-order valence-corrected chi connectivity index (χ0v) is 23.8. The molecule has 41 heavy (non-hydrogen) atoms. The number of rotatable bonds is 7. The quantitative estimate of drug-likeness (QED) is 0.309. The van der Waals surface area contributed by atoms with Crippen molar-refractivity contribution in [3.05, 3.63) is 70.5 Å². The van der Waals surface area contributed by atoms with Crippen LogP contribution in [0.4, 0.5) is 5.69 Å². The van der Waals surface area contributed by atoms with Crippen molar-refractivity contribution in [3.63, 3.8) is 0 Å². The number of esters is 1. The lowest BCUT2D eigenvalue weighted by Gasteiger charge is -2.34. The second-order valence-electron chi connectivity index (χ2n) is 10.6. The Morgan fingerprint density at radius 3 is 2.51 bits per heavy atom. The van der Waals surface area contributed by atoms with Gasteiger partial charge in [0.25, 0.3) is 0 Å². The Balaban J connectivity index is 1.67. The fourth-order valence-corrected chi connectivity index (χ4v) is 5.57. The fourth-order valence-electron chi connectivity index (χ4n) is 5.57. The standard InChI is InChI=1S/C31H33N5O5/c1-17-10-13-23(39-5)22(14-17)28-34-29-25(31(38)41-27-18(2)8-7-9-19(27)3)26(32-4)30(36(29)35-28)33-21-12-11-20(16-37)24(15-21)40-6/h10-15,18-19,27,37H,7-9,16H2,1-3,5-6H3/b33-30+. The molecule has 0 spiro atoms. The highest BCUT2D eigenvalue weighted by Gasteiger charge is 2.40. The average molecular weight is 556 g/mol. The number of ether oxygens (including phenoxy) is 3. The highest BCUT2D eigenvalue weighted by molar-refractivity contribution is 6.29. The van der Waals surface area contributed by atoms with Crippen LogP contribution in [0.2, 0.25) is 0 Å². The largest absolute Gasteiger partial charge is 0.496 e. The van der Waals surface area contributed by atoms with E-state index in [1.807, 2.05) is 25.1 Å². The van der Waals surface area contributed by atoms with Crippen LogP contribution in [0, 0.1) is 25.3 Å². The fraction of sp³-hybridized carbons (Fsp3) is 0.387. The van der Waals surface area contributed by atoms with Crippen LogP contribution in [0.25, 0.3) is 21.8 Å². The van der Waals surface area contributed by atoms with Crippen molar-refractivity contribution in [3.8, 4) is 22.9 Å². The second-order valence-corrected chi connectivity index (χ2v) is 10.6. The van der Waals surface area contributed by atoms with Gasteiger partial charge in [-0.25, -0.2) is 24.3 Å². The third-order valence-corrected chi connectivity index (χ3v) is 7.75. The molecule has 1 saturated carbocycles. The molecule has 0 radical (unpaired) electrons. The van der Waals surface area contributed by atoms with Gasteiger partial charge in [-0.05, 0) is 49.8 Å². The number of benzene rings is 2. The van der Waals surface area contributed by atoms with E-state index in [0.29, 0.717) is 34.1 Å². The van der Waals surface area contributed by atoms with Gasteiger partial charge < -0.3 is 19.3 Å². The van der Waals surface area contributed by atoms with Crippen molar-refractivity contribution in [1.29, 1.82) is 0 Å². The average Bonchev–Trinajstić information content (AvgIpc) is 3.52. The molecule has 0 saturated heterocycles. The first-order chi connectivity index (χ1) is 19.8. The van der Waals surface area contributed by atoms with Gasteiger partial charge >= 0.3 is 5.97 Å². The molecule has 212 valence electrons. The molecule has 1 aromatic heterocycles. The number of methoxy groups -OCH3 is 2. The minimum absolute atomic E-state index is 0.00840. The zero-order chi connectivity index (χ0) is 29.3. The monoisotopic (exact) mass is 555 g/mol. The molecule has 1 aliphatic heterocycles. The number of carbonyl (C=O) groups is 1. The summed E-state index contributed by atoms with van der Waals surface area (Å²) in [6, 6.07) is 10.7. The van der Waals surface area contributed by atoms with Gasteiger partial charge in [-0.2, -0.15) is 0 Å². The van der Waals surface area contributed by atoms with Crippen molar-refractivity contribution in [2.24, 2.45) is 16.8 Å². The molecule has 5 rings (SSSR count). The van der Waals surface area contributed by atoms with E-state index < -0.39 is 5.97 Å². The number of aromatic nitrogens is 3. The summed E-state index contributed by atoms with van der Waals surface area (Å²) in [5, 5.41) is 14.3. The lowest BCUT2D eigenvalue weighted by atomic mass is 9.80. The number of fused-ring (bicyclic) bond motifs is 1. The molecule has 2 aromatic carbocycles. The Kier molecular flexibility index (Phi) is 7.90. The Morgan fingerprint density at radius 1 is 1.12 bits per heavy atom. The molecule has 0 bridgehead atoms. The van der Waals surface area contributed by atoms with E-state index in [1.165, 1.54) is 11.8 Å². The lowest BCUT2D eigenvalue weighted by Crippen LogP contribution is -2.35. The van der Waals surface area contributed by atoms with Crippen molar-refractivity contribution in [2.45, 2.75) is 52.7 Å². The summed E-state index contributed by atoms with van der Waals surface area (Å²) in [6.07, 6.45) is 2.78. The number of allylic oxidation sites excluding steroid dienone is 1. The summed E-state index contributed by atoms with van der Waals surface area (Å²) in [7, 11) is 3.07. The van der Waals surface area contributed by atoms with Gasteiger partial charge in [0, 0.05) is 11.6 Å². The number of carbonyl (C=O) groups excluding carboxylic acids is 1. The predicted molar refractivity (Wildman–Crippen MR) is 154 cm³/mol. The normalized spacial score (nSPS) is 21.0. The van der Waals surface area contributed by atoms with Gasteiger partial charge in [0.05, 0.1) is 38.6 Å². The van der Waals surface area contributed by atoms with E-state index >= 15 is 0 Å². The van der Waals surface area contributed by atoms with Gasteiger partial charge in [0.1, 0.15) is 23.2 Å². The van der Waals surface area contributed by atoms with Gasteiger partial charge in [-0.15, -0.1) is 5.10 Å². The molecule has 1 N–H and O–H groups in total. The van der Waals surface area contributed by atoms with E-state index in [4.69, 9.17) is 35.9 Å². The van der Waals surface area contributed by atoms with E-state index in [1.54, 1.807) is 25.3 Å². The van der Waals surface area contributed by atoms with Crippen molar-refractivity contribution in [1.82, 2.24) is 14.8 Å². The summed E-state index contributed by atoms with van der Waals surface area (Å²) in [5.41, 5.74) is 2.73. The number of aliphatic imine (C=N–C) groups is 1. The van der Waals surface area contributed by atoms with Crippen LogP contribution < -0.4 is 9.47 Å². The third-order valence-electron chi connectivity index (χ3n) is 7.75. The number of hydrogen-bond donors (Lipinski definition) is 1. The summed E-state index contributed by atoms with van der Waals surface area (Å²) in [5.74, 6) is 1.49. The van der Waals surface area contributed by atoms with Crippen LogP contribution in [0.3, 0.4) is 0 Å².